The maximum Gasteiger partial charge on any atom is 0.252 e. The first kappa shape index (κ1) is 12.0. The van der Waals surface area contributed by atoms with Crippen LogP contribution in [0.5, 0.6) is 0 Å². The van der Waals surface area contributed by atoms with E-state index in [4.69, 9.17) is 5.73 Å². The van der Waals surface area contributed by atoms with E-state index in [2.05, 4.69) is 0 Å². The highest BCUT2D eigenvalue weighted by Crippen LogP contribution is 2.30. The van der Waals surface area contributed by atoms with Gasteiger partial charge in [-0.25, -0.2) is 8.42 Å². The number of sulfonamides is 1. The van der Waals surface area contributed by atoms with E-state index in [1.165, 1.54) is 15.6 Å². The van der Waals surface area contributed by atoms with Crippen LogP contribution in [0.2, 0.25) is 0 Å². The second-order valence-corrected chi connectivity index (χ2v) is 7.22. The van der Waals surface area contributed by atoms with Crippen LogP contribution in [-0.4, -0.2) is 25.8 Å². The van der Waals surface area contributed by atoms with Crippen LogP contribution in [0.1, 0.15) is 24.8 Å². The molecule has 2 N–H and O–H groups in total. The second-order valence-electron chi connectivity index (χ2n) is 4.08. The molecule has 1 aliphatic carbocycles. The molecule has 0 unspecified atom stereocenters. The highest BCUT2D eigenvalue weighted by molar-refractivity contribution is 7.91. The van der Waals surface area contributed by atoms with Crippen LogP contribution < -0.4 is 5.73 Å². The fourth-order valence-corrected chi connectivity index (χ4v) is 4.51. The van der Waals surface area contributed by atoms with Gasteiger partial charge in [0, 0.05) is 19.6 Å². The van der Waals surface area contributed by atoms with E-state index >= 15 is 0 Å². The van der Waals surface area contributed by atoms with Crippen molar-refractivity contribution in [1.29, 1.82) is 0 Å². The third kappa shape index (κ3) is 2.02. The van der Waals surface area contributed by atoms with E-state index in [1.54, 1.807) is 13.1 Å². The van der Waals surface area contributed by atoms with Gasteiger partial charge in [-0.2, -0.15) is 4.31 Å². The number of nitrogens with zero attached hydrogens (tertiary/aromatic N) is 1. The van der Waals surface area contributed by atoms with Gasteiger partial charge in [0.25, 0.3) is 10.0 Å². The maximum absolute atomic E-state index is 12.2. The first-order chi connectivity index (χ1) is 7.55. The second kappa shape index (κ2) is 4.44. The van der Waals surface area contributed by atoms with E-state index in [1.807, 2.05) is 5.38 Å². The SMILES string of the molecule is CN(C1CCC1)S(=O)(=O)c1cc(CN)cs1. The normalized spacial score (nSPS) is 17.7. The van der Waals surface area contributed by atoms with Crippen molar-refractivity contribution in [2.45, 2.75) is 36.1 Å². The minimum absolute atomic E-state index is 0.188. The molecule has 0 saturated heterocycles. The predicted octanol–water partition coefficient (Wildman–Crippen LogP) is 1.38. The van der Waals surface area contributed by atoms with E-state index < -0.39 is 10.0 Å². The lowest BCUT2D eigenvalue weighted by atomic mass is 9.94. The van der Waals surface area contributed by atoms with Crippen molar-refractivity contribution in [2.24, 2.45) is 5.73 Å². The van der Waals surface area contributed by atoms with Crippen LogP contribution >= 0.6 is 11.3 Å². The lowest BCUT2D eigenvalue weighted by Gasteiger charge is -2.33. The van der Waals surface area contributed by atoms with E-state index in [0.717, 1.165) is 24.8 Å². The molecule has 90 valence electrons. The standard InChI is InChI=1S/C10H16N2O2S2/c1-12(9-3-2-4-9)16(13,14)10-5-8(6-11)7-15-10/h5,7,9H,2-4,6,11H2,1H3. The Bertz CT molecular complexity index is 463. The summed E-state index contributed by atoms with van der Waals surface area (Å²) >= 11 is 1.25. The van der Waals surface area contributed by atoms with Crippen molar-refractivity contribution >= 4 is 21.4 Å². The highest BCUT2D eigenvalue weighted by Gasteiger charge is 2.32. The molecule has 1 saturated carbocycles. The molecule has 0 atom stereocenters. The molecule has 0 spiro atoms. The quantitative estimate of drug-likeness (QED) is 0.889. The average molecular weight is 260 g/mol. The zero-order valence-electron chi connectivity index (χ0n) is 9.22. The van der Waals surface area contributed by atoms with E-state index in [9.17, 15) is 8.42 Å². The zero-order chi connectivity index (χ0) is 11.8. The zero-order valence-corrected chi connectivity index (χ0v) is 10.9. The Morgan fingerprint density at radius 2 is 2.25 bits per heavy atom. The average Bonchev–Trinajstić information content (AvgIpc) is 2.63. The van der Waals surface area contributed by atoms with Crippen LogP contribution in [0.4, 0.5) is 0 Å². The van der Waals surface area contributed by atoms with Gasteiger partial charge in [-0.3, -0.25) is 0 Å². The molecule has 0 aliphatic heterocycles. The van der Waals surface area contributed by atoms with Gasteiger partial charge in [-0.1, -0.05) is 6.42 Å². The van der Waals surface area contributed by atoms with Gasteiger partial charge in [0.2, 0.25) is 0 Å². The Labute approximate surface area is 100 Å². The fraction of sp³-hybridized carbons (Fsp3) is 0.600. The Hall–Kier alpha value is -0.430. The summed E-state index contributed by atoms with van der Waals surface area (Å²) < 4.78 is 26.3. The van der Waals surface area contributed by atoms with Crippen LogP contribution in [0.25, 0.3) is 0 Å². The Morgan fingerprint density at radius 3 is 2.69 bits per heavy atom. The fourth-order valence-electron chi connectivity index (χ4n) is 1.68. The van der Waals surface area contributed by atoms with Gasteiger partial charge >= 0.3 is 0 Å². The first-order valence-corrected chi connectivity index (χ1v) is 7.63. The highest BCUT2D eigenvalue weighted by atomic mass is 32.2. The summed E-state index contributed by atoms with van der Waals surface area (Å²) in [7, 11) is -1.62. The molecule has 1 aliphatic rings. The lowest BCUT2D eigenvalue weighted by Crippen LogP contribution is -2.40. The summed E-state index contributed by atoms with van der Waals surface area (Å²) in [5.74, 6) is 0. The summed E-state index contributed by atoms with van der Waals surface area (Å²) in [5, 5.41) is 1.81. The number of nitrogens with two attached hydrogens (primary N) is 1. The summed E-state index contributed by atoms with van der Waals surface area (Å²) in [6.45, 7) is 0.388. The van der Waals surface area contributed by atoms with Crippen molar-refractivity contribution < 1.29 is 8.42 Å². The van der Waals surface area contributed by atoms with Crippen LogP contribution in [0.3, 0.4) is 0 Å². The Morgan fingerprint density at radius 1 is 1.56 bits per heavy atom. The molecule has 0 aromatic carbocycles. The molecular formula is C10H16N2O2S2. The van der Waals surface area contributed by atoms with E-state index in [-0.39, 0.29) is 6.04 Å². The third-order valence-corrected chi connectivity index (χ3v) is 6.46. The Balaban J connectivity index is 2.23. The predicted molar refractivity (Wildman–Crippen MR) is 64.8 cm³/mol. The number of rotatable bonds is 4. The first-order valence-electron chi connectivity index (χ1n) is 5.31. The molecule has 1 aromatic rings. The van der Waals surface area contributed by atoms with Crippen LogP contribution in [0, 0.1) is 0 Å². The van der Waals surface area contributed by atoms with Gasteiger partial charge < -0.3 is 5.73 Å². The molecule has 0 radical (unpaired) electrons. The molecule has 0 amide bonds. The minimum Gasteiger partial charge on any atom is -0.326 e. The van der Waals surface area contributed by atoms with Crippen LogP contribution in [0.15, 0.2) is 15.7 Å². The number of thiophene rings is 1. The molecular weight excluding hydrogens is 244 g/mol. The maximum atomic E-state index is 12.2. The van der Waals surface area contributed by atoms with Gasteiger partial charge in [-0.05, 0) is 29.9 Å². The van der Waals surface area contributed by atoms with Crippen molar-refractivity contribution in [3.8, 4) is 0 Å². The van der Waals surface area contributed by atoms with Gasteiger partial charge in [0.1, 0.15) is 4.21 Å². The number of hydrogen-bond acceptors (Lipinski definition) is 4. The van der Waals surface area contributed by atoms with Gasteiger partial charge in [0.15, 0.2) is 0 Å². The summed E-state index contributed by atoms with van der Waals surface area (Å²) in [6.07, 6.45) is 3.08. The summed E-state index contributed by atoms with van der Waals surface area (Å²) in [5.41, 5.74) is 6.36. The van der Waals surface area contributed by atoms with Gasteiger partial charge in [0.05, 0.1) is 0 Å². The lowest BCUT2D eigenvalue weighted by molar-refractivity contribution is 0.250. The van der Waals surface area contributed by atoms with Crippen LogP contribution in [-0.2, 0) is 16.6 Å². The molecule has 6 heteroatoms. The molecule has 16 heavy (non-hydrogen) atoms. The monoisotopic (exact) mass is 260 g/mol. The Kier molecular flexibility index (Phi) is 3.34. The van der Waals surface area contributed by atoms with E-state index in [0.29, 0.717) is 10.8 Å². The molecule has 1 aromatic heterocycles. The molecule has 0 bridgehead atoms. The summed E-state index contributed by atoms with van der Waals surface area (Å²) in [4.78, 5) is 0. The third-order valence-electron chi connectivity index (χ3n) is 3.09. The molecule has 4 nitrogen and oxygen atoms in total. The smallest absolute Gasteiger partial charge is 0.252 e. The van der Waals surface area contributed by atoms with Crippen molar-refractivity contribution in [3.05, 3.63) is 17.0 Å². The van der Waals surface area contributed by atoms with Gasteiger partial charge in [-0.15, -0.1) is 11.3 Å². The summed E-state index contributed by atoms with van der Waals surface area (Å²) in [6, 6.07) is 1.86. The van der Waals surface area contributed by atoms with Crippen molar-refractivity contribution in [1.82, 2.24) is 4.31 Å². The largest absolute Gasteiger partial charge is 0.326 e. The number of hydrogen-bond donors (Lipinski definition) is 1. The van der Waals surface area contributed by atoms with Crippen molar-refractivity contribution in [3.63, 3.8) is 0 Å². The van der Waals surface area contributed by atoms with Crippen molar-refractivity contribution in [2.75, 3.05) is 7.05 Å². The molecule has 1 fully saturated rings. The minimum atomic E-state index is -3.29. The topological polar surface area (TPSA) is 63.4 Å². The molecule has 2 rings (SSSR count). The molecule has 1 heterocycles.